The molecule has 0 bridgehead atoms. The summed E-state index contributed by atoms with van der Waals surface area (Å²) in [5.41, 5.74) is 38.3. The van der Waals surface area contributed by atoms with Crippen molar-refractivity contribution in [3.05, 3.63) is 510 Å². The first-order chi connectivity index (χ1) is 65.5. The van der Waals surface area contributed by atoms with Crippen molar-refractivity contribution >= 4 is 122 Å². The second kappa shape index (κ2) is 33.6. The van der Waals surface area contributed by atoms with Gasteiger partial charge in [0.05, 0.1) is 39.1 Å². The maximum atomic E-state index is 6.22. The Balaban J connectivity index is 0.000000146. The molecule has 0 radical (unpaired) electrons. The predicted octanol–water partition coefficient (Wildman–Crippen LogP) is 35.3. The molecule has 620 valence electrons. The third-order valence-corrected chi connectivity index (χ3v) is 26.1. The number of hydrogen-bond acceptors (Lipinski definition) is 4. The predicted molar refractivity (Wildman–Crippen MR) is 554 cm³/mol. The topological polar surface area (TPSA) is 42.6 Å². The van der Waals surface area contributed by atoms with E-state index in [1.807, 2.05) is 24.3 Å². The van der Waals surface area contributed by atoms with Crippen molar-refractivity contribution in [3.63, 3.8) is 0 Å². The van der Waals surface area contributed by atoms with Crippen LogP contribution in [0.3, 0.4) is 0 Å². The molecule has 0 aliphatic heterocycles. The molecule has 4 aromatic heterocycles. The van der Waals surface area contributed by atoms with Gasteiger partial charge in [-0.3, -0.25) is 0 Å². The third-order valence-electron chi connectivity index (χ3n) is 26.1. The molecule has 6 nitrogen and oxygen atoms in total. The normalized spacial score (nSPS) is 11.5. The van der Waals surface area contributed by atoms with E-state index in [-0.39, 0.29) is 0 Å². The summed E-state index contributed by atoms with van der Waals surface area (Å²) in [6.45, 7) is 0. The zero-order chi connectivity index (χ0) is 87.4. The molecule has 6 heteroatoms. The molecule has 21 aromatic carbocycles. The second-order valence-corrected chi connectivity index (χ2v) is 33.7. The smallest absolute Gasteiger partial charge is 0.136 e. The SMILES string of the molecule is c1ccc(-c2ccc(-c3ccccc3N(c3ccc(-c4ccc(-c5cccc6oc7ccccc7c56)cc4)cc3)c3ccc(-c4ccccc4-n4c5ccccc5c5ccccc54)cc3)cc2)cc1.c1ccc(-c2ccc(N(c3ccc(-c4ccc(-c5cccc6oc7ccccc7c56)cc4)cc3)c3ccc(-c4ccccc4-n4c5ccccc5c5ccccc54)cc3)cc2)cc1. The number of furan rings is 2. The fourth-order valence-electron chi connectivity index (χ4n) is 19.8. The van der Waals surface area contributed by atoms with Crippen LogP contribution in [0.2, 0.25) is 0 Å². The van der Waals surface area contributed by atoms with Crippen molar-refractivity contribution in [3.8, 4) is 112 Å². The number of nitrogens with zero attached hydrogens (tertiary/aromatic N) is 4. The molecule has 0 amide bonds. The van der Waals surface area contributed by atoms with Crippen LogP contribution in [-0.2, 0) is 0 Å². The Kier molecular flexibility index (Phi) is 19.9. The summed E-state index contributed by atoms with van der Waals surface area (Å²) in [6, 6.07) is 183. The van der Waals surface area contributed by atoms with Crippen LogP contribution in [0.4, 0.5) is 34.1 Å². The average Bonchev–Trinajstić information content (AvgIpc) is 1.62. The molecule has 0 unspecified atom stereocenters. The lowest BCUT2D eigenvalue weighted by atomic mass is 9.96. The summed E-state index contributed by atoms with van der Waals surface area (Å²) >= 11 is 0. The van der Waals surface area contributed by atoms with Gasteiger partial charge in [0.25, 0.3) is 0 Å². The molecular weight excluding hydrogens is 1600 g/mol. The molecule has 0 aliphatic carbocycles. The molecule has 25 rings (SSSR count). The molecule has 4 heterocycles. The molecule has 0 spiro atoms. The van der Waals surface area contributed by atoms with E-state index in [1.54, 1.807) is 0 Å². The maximum Gasteiger partial charge on any atom is 0.136 e. The summed E-state index contributed by atoms with van der Waals surface area (Å²) in [6.07, 6.45) is 0. The van der Waals surface area contributed by atoms with Crippen molar-refractivity contribution in [2.24, 2.45) is 0 Å². The van der Waals surface area contributed by atoms with E-state index in [1.165, 1.54) is 99.2 Å². The van der Waals surface area contributed by atoms with Gasteiger partial charge in [0.1, 0.15) is 22.3 Å². The van der Waals surface area contributed by atoms with Crippen molar-refractivity contribution in [2.45, 2.75) is 0 Å². The van der Waals surface area contributed by atoms with Gasteiger partial charge in [-0.15, -0.1) is 0 Å². The lowest BCUT2D eigenvalue weighted by Gasteiger charge is -2.28. The van der Waals surface area contributed by atoms with Crippen LogP contribution >= 0.6 is 0 Å². The fourth-order valence-corrected chi connectivity index (χ4v) is 19.8. The zero-order valence-corrected chi connectivity index (χ0v) is 72.1. The summed E-state index contributed by atoms with van der Waals surface area (Å²) in [5.74, 6) is 0. The van der Waals surface area contributed by atoms with Crippen LogP contribution in [-0.4, -0.2) is 9.13 Å². The van der Waals surface area contributed by atoms with Gasteiger partial charge in [0.2, 0.25) is 0 Å². The lowest BCUT2D eigenvalue weighted by molar-refractivity contribution is 0.668. The average molecular weight is 1690 g/mol. The van der Waals surface area contributed by atoms with E-state index in [9.17, 15) is 0 Å². The largest absolute Gasteiger partial charge is 0.456 e. The quantitative estimate of drug-likeness (QED) is 0.0911. The number of para-hydroxylation sites is 9. The van der Waals surface area contributed by atoms with Gasteiger partial charge in [-0.2, -0.15) is 0 Å². The van der Waals surface area contributed by atoms with Crippen LogP contribution in [0.5, 0.6) is 0 Å². The highest BCUT2D eigenvalue weighted by Crippen LogP contribution is 2.48. The van der Waals surface area contributed by atoms with Crippen LogP contribution in [0.25, 0.3) is 199 Å². The number of rotatable bonds is 17. The molecule has 0 fully saturated rings. The highest BCUT2D eigenvalue weighted by atomic mass is 16.3. The summed E-state index contributed by atoms with van der Waals surface area (Å²) in [7, 11) is 0. The van der Waals surface area contributed by atoms with E-state index >= 15 is 0 Å². The Morgan fingerprint density at radius 1 is 0.144 bits per heavy atom. The Labute approximate surface area is 765 Å². The highest BCUT2D eigenvalue weighted by Gasteiger charge is 2.24. The molecule has 0 atom stereocenters. The standard InChI is InChI=1S/C66H44N2O.C60H40N2O/c1-2-15-45(16-3-1)46-29-33-49(34-30-46)54-17-4-9-23-60(54)67(52-41-37-48(38-42-52)47-31-35-51(36-32-47)56-22-14-28-65-66(56)59-21-8-13-27-64(59)69-65)53-43-39-50(40-44-53)55-18-5-10-24-61(55)68-62-25-11-6-19-57(62)58-20-7-12-26-63(58)68;1-2-13-41(14-3-1)43-29-35-47(36-30-43)61(48-37-31-44(32-38-48)42-25-27-46(28-26-42)51-19-12-24-59-60(51)54-18-7-11-23-58(54)63-59)49-39-33-45(34-40-49)50-15-4-8-20-55(50)62-56-21-9-5-16-52(56)53-17-6-10-22-57(53)62/h1-44H;1-40H. The van der Waals surface area contributed by atoms with Crippen LogP contribution in [0, 0.1) is 0 Å². The monoisotopic (exact) mass is 1680 g/mol. The van der Waals surface area contributed by atoms with Crippen molar-refractivity contribution < 1.29 is 8.83 Å². The molecule has 25 aromatic rings. The minimum absolute atomic E-state index is 0.905. The molecule has 132 heavy (non-hydrogen) atoms. The first-order valence-corrected chi connectivity index (χ1v) is 45.1. The first kappa shape index (κ1) is 77.9. The first-order valence-electron chi connectivity index (χ1n) is 45.1. The van der Waals surface area contributed by atoms with Crippen molar-refractivity contribution in [1.29, 1.82) is 0 Å². The maximum absolute atomic E-state index is 6.22. The van der Waals surface area contributed by atoms with E-state index in [0.717, 1.165) is 134 Å². The van der Waals surface area contributed by atoms with E-state index in [4.69, 9.17) is 8.83 Å². The van der Waals surface area contributed by atoms with Crippen molar-refractivity contribution in [2.75, 3.05) is 9.80 Å². The number of fused-ring (bicyclic) bond motifs is 12. The van der Waals surface area contributed by atoms with Gasteiger partial charge >= 0.3 is 0 Å². The molecule has 0 saturated carbocycles. The van der Waals surface area contributed by atoms with Crippen molar-refractivity contribution in [1.82, 2.24) is 9.13 Å². The van der Waals surface area contributed by atoms with E-state index < -0.39 is 0 Å². The number of aromatic nitrogens is 2. The van der Waals surface area contributed by atoms with Gasteiger partial charge in [-0.05, 0) is 211 Å². The highest BCUT2D eigenvalue weighted by molar-refractivity contribution is 6.15. The minimum Gasteiger partial charge on any atom is -0.456 e. The summed E-state index contributed by atoms with van der Waals surface area (Å²) in [4.78, 5) is 4.74. The third kappa shape index (κ3) is 14.2. The molecular formula is C126H84N4O2. The fraction of sp³-hybridized carbons (Fsp3) is 0. The van der Waals surface area contributed by atoms with Crippen LogP contribution in [0.1, 0.15) is 0 Å². The number of benzene rings is 21. The van der Waals surface area contributed by atoms with Gasteiger partial charge < -0.3 is 27.8 Å². The van der Waals surface area contributed by atoms with Gasteiger partial charge in [-0.25, -0.2) is 0 Å². The Morgan fingerprint density at radius 2 is 0.371 bits per heavy atom. The summed E-state index contributed by atoms with van der Waals surface area (Å²) < 4.78 is 17.2. The van der Waals surface area contributed by atoms with E-state index in [0.29, 0.717) is 0 Å². The second-order valence-electron chi connectivity index (χ2n) is 33.7. The van der Waals surface area contributed by atoms with E-state index in [2.05, 4.69) is 504 Å². The molecule has 0 N–H and O–H groups in total. The van der Waals surface area contributed by atoms with Gasteiger partial charge in [-0.1, -0.05) is 382 Å². The Bertz CT molecular complexity index is 8460. The molecule has 0 aliphatic rings. The zero-order valence-electron chi connectivity index (χ0n) is 72.1. The number of hydrogen-bond donors (Lipinski definition) is 0. The van der Waals surface area contributed by atoms with Crippen LogP contribution < -0.4 is 9.80 Å². The molecule has 0 saturated heterocycles. The minimum atomic E-state index is 0.905. The Hall–Kier alpha value is -17.6. The number of anilines is 6. The Morgan fingerprint density at radius 3 is 0.727 bits per heavy atom. The van der Waals surface area contributed by atoms with Crippen LogP contribution in [0.15, 0.2) is 518 Å². The van der Waals surface area contributed by atoms with Gasteiger partial charge in [0.15, 0.2) is 0 Å². The van der Waals surface area contributed by atoms with Gasteiger partial charge in [0, 0.05) is 88.2 Å². The summed E-state index contributed by atoms with van der Waals surface area (Å²) in [5, 5.41) is 9.60. The lowest BCUT2D eigenvalue weighted by Crippen LogP contribution is -2.11.